The van der Waals surface area contributed by atoms with Crippen LogP contribution < -0.4 is 4.74 Å². The number of carbonyl (C=O) groups is 1. The summed E-state index contributed by atoms with van der Waals surface area (Å²) in [5, 5.41) is 0.604. The first-order valence-corrected chi connectivity index (χ1v) is 9.05. The zero-order valence-corrected chi connectivity index (χ0v) is 16.5. The van der Waals surface area contributed by atoms with E-state index in [2.05, 4.69) is 15.9 Å². The molecule has 0 spiro atoms. The second-order valence-electron chi connectivity index (χ2n) is 5.86. The van der Waals surface area contributed by atoms with Crippen LogP contribution in [0.15, 0.2) is 45.3 Å². The van der Waals surface area contributed by atoms with Gasteiger partial charge in [-0.2, -0.15) is 0 Å². The van der Waals surface area contributed by atoms with E-state index in [4.69, 9.17) is 18.6 Å². The van der Waals surface area contributed by atoms with Crippen LogP contribution in [-0.2, 0) is 16.1 Å². The van der Waals surface area contributed by atoms with Crippen LogP contribution in [0.25, 0.3) is 11.0 Å². The number of methoxy groups -OCH3 is 1. The van der Waals surface area contributed by atoms with Crippen LogP contribution >= 0.6 is 15.9 Å². The third-order valence-electron chi connectivity index (χ3n) is 3.95. The van der Waals surface area contributed by atoms with Gasteiger partial charge in [0.1, 0.15) is 41.7 Å². The Morgan fingerprint density at radius 1 is 1.19 bits per heavy atom. The van der Waals surface area contributed by atoms with Crippen molar-refractivity contribution < 1.29 is 27.8 Å². The molecular weight excluding hydrogens is 419 g/mol. The monoisotopic (exact) mass is 436 g/mol. The minimum atomic E-state index is -0.477. The van der Waals surface area contributed by atoms with Crippen molar-refractivity contribution in [3.8, 4) is 5.75 Å². The fourth-order valence-corrected chi connectivity index (χ4v) is 3.05. The summed E-state index contributed by atoms with van der Waals surface area (Å²) in [6, 6.07) is 9.54. The van der Waals surface area contributed by atoms with Gasteiger partial charge < -0.3 is 18.6 Å². The molecule has 0 N–H and O–H groups in total. The van der Waals surface area contributed by atoms with Crippen molar-refractivity contribution in [2.75, 3.05) is 20.3 Å². The zero-order chi connectivity index (χ0) is 19.4. The molecule has 3 rings (SSSR count). The maximum absolute atomic E-state index is 13.0. The maximum Gasteiger partial charge on any atom is 0.342 e. The minimum Gasteiger partial charge on any atom is -0.488 e. The van der Waals surface area contributed by atoms with Crippen LogP contribution in [0, 0.1) is 12.7 Å². The van der Waals surface area contributed by atoms with Gasteiger partial charge in [0.25, 0.3) is 0 Å². The van der Waals surface area contributed by atoms with Crippen molar-refractivity contribution in [2.45, 2.75) is 13.5 Å². The topological polar surface area (TPSA) is 57.9 Å². The van der Waals surface area contributed by atoms with Crippen LogP contribution in [0.1, 0.15) is 21.7 Å². The number of rotatable bonds is 7. The van der Waals surface area contributed by atoms with Gasteiger partial charge in [0.05, 0.1) is 11.1 Å². The summed E-state index contributed by atoms with van der Waals surface area (Å²) in [5.41, 5.74) is 1.73. The summed E-state index contributed by atoms with van der Waals surface area (Å²) < 4.78 is 35.3. The molecule has 0 amide bonds. The van der Waals surface area contributed by atoms with Crippen LogP contribution in [0.2, 0.25) is 0 Å². The summed E-state index contributed by atoms with van der Waals surface area (Å²) >= 11 is 3.45. The molecule has 0 aliphatic heterocycles. The predicted molar refractivity (Wildman–Crippen MR) is 102 cm³/mol. The number of aryl methyl sites for hydroxylation is 1. The standard InChI is InChI=1S/C20H18BrFO5/c1-12-19(20(23)25-8-7-24-2)15-9-18(16(21)10-17(15)27-12)26-11-13-3-5-14(22)6-4-13/h3-6,9-10H,7-8,11H2,1-2H3. The van der Waals surface area contributed by atoms with Crippen molar-refractivity contribution in [2.24, 2.45) is 0 Å². The summed E-state index contributed by atoms with van der Waals surface area (Å²) in [6.45, 7) is 2.44. The molecule has 0 unspecified atom stereocenters. The highest BCUT2D eigenvalue weighted by Gasteiger charge is 2.21. The van der Waals surface area contributed by atoms with E-state index in [0.717, 1.165) is 5.56 Å². The number of ether oxygens (including phenoxy) is 3. The molecule has 0 saturated carbocycles. The van der Waals surface area contributed by atoms with E-state index in [-0.39, 0.29) is 19.0 Å². The molecule has 7 heteroatoms. The number of hydrogen-bond donors (Lipinski definition) is 0. The Morgan fingerprint density at radius 2 is 1.93 bits per heavy atom. The number of halogens is 2. The molecule has 0 fully saturated rings. The van der Waals surface area contributed by atoms with Gasteiger partial charge in [0.2, 0.25) is 0 Å². The Kier molecular flexibility index (Phi) is 6.13. The lowest BCUT2D eigenvalue weighted by atomic mass is 10.1. The third-order valence-corrected chi connectivity index (χ3v) is 4.57. The Labute approximate surface area is 164 Å². The second kappa shape index (κ2) is 8.54. The van der Waals surface area contributed by atoms with Gasteiger partial charge in [0.15, 0.2) is 0 Å². The van der Waals surface area contributed by atoms with Gasteiger partial charge in [0, 0.05) is 12.5 Å². The molecule has 0 aliphatic carbocycles. The molecule has 5 nitrogen and oxygen atoms in total. The largest absolute Gasteiger partial charge is 0.488 e. The molecule has 3 aromatic rings. The van der Waals surface area contributed by atoms with Crippen molar-refractivity contribution in [1.82, 2.24) is 0 Å². The van der Waals surface area contributed by atoms with Crippen LogP contribution in [0.4, 0.5) is 4.39 Å². The first-order valence-electron chi connectivity index (χ1n) is 8.25. The van der Waals surface area contributed by atoms with Gasteiger partial charge >= 0.3 is 5.97 Å². The van der Waals surface area contributed by atoms with Gasteiger partial charge in [-0.15, -0.1) is 0 Å². The lowest BCUT2D eigenvalue weighted by Crippen LogP contribution is -2.10. The molecule has 0 saturated heterocycles. The third kappa shape index (κ3) is 4.48. The molecule has 2 aromatic carbocycles. The Morgan fingerprint density at radius 3 is 2.63 bits per heavy atom. The Bertz CT molecular complexity index is 949. The molecule has 0 radical (unpaired) electrons. The molecule has 0 aliphatic rings. The average molecular weight is 437 g/mol. The molecule has 0 atom stereocenters. The Hall–Kier alpha value is -2.38. The van der Waals surface area contributed by atoms with Crippen molar-refractivity contribution >= 4 is 32.9 Å². The highest BCUT2D eigenvalue weighted by Crippen LogP contribution is 2.35. The van der Waals surface area contributed by atoms with Crippen LogP contribution in [-0.4, -0.2) is 26.3 Å². The molecule has 27 heavy (non-hydrogen) atoms. The van der Waals surface area contributed by atoms with E-state index in [0.29, 0.717) is 39.1 Å². The quantitative estimate of drug-likeness (QED) is 0.384. The van der Waals surface area contributed by atoms with E-state index in [9.17, 15) is 9.18 Å². The van der Waals surface area contributed by atoms with E-state index in [1.54, 1.807) is 31.2 Å². The second-order valence-corrected chi connectivity index (χ2v) is 6.71. The molecule has 142 valence electrons. The lowest BCUT2D eigenvalue weighted by Gasteiger charge is -2.09. The SMILES string of the molecule is COCCOC(=O)c1c(C)oc2cc(Br)c(OCc3ccc(F)cc3)cc12. The normalized spacial score (nSPS) is 11.0. The van der Waals surface area contributed by atoms with Crippen molar-refractivity contribution in [3.63, 3.8) is 0 Å². The number of hydrogen-bond acceptors (Lipinski definition) is 5. The number of benzene rings is 2. The summed E-state index contributed by atoms with van der Waals surface area (Å²) in [5.74, 6) is 0.232. The van der Waals surface area contributed by atoms with Crippen molar-refractivity contribution in [3.05, 3.63) is 63.6 Å². The highest BCUT2D eigenvalue weighted by molar-refractivity contribution is 9.10. The van der Waals surface area contributed by atoms with E-state index >= 15 is 0 Å². The molecule has 1 heterocycles. The summed E-state index contributed by atoms with van der Waals surface area (Å²) in [4.78, 5) is 12.4. The van der Waals surface area contributed by atoms with Crippen molar-refractivity contribution in [1.29, 1.82) is 0 Å². The molecule has 0 bridgehead atoms. The summed E-state index contributed by atoms with van der Waals surface area (Å²) in [7, 11) is 1.54. The molecular formula is C20H18BrFO5. The first kappa shape index (κ1) is 19.4. The van der Waals surface area contributed by atoms with E-state index < -0.39 is 5.97 Å². The maximum atomic E-state index is 13.0. The predicted octanol–water partition coefficient (Wildman–Crippen LogP) is 5.03. The number of furan rings is 1. The minimum absolute atomic E-state index is 0.159. The fourth-order valence-electron chi connectivity index (χ4n) is 2.62. The highest BCUT2D eigenvalue weighted by atomic mass is 79.9. The summed E-state index contributed by atoms with van der Waals surface area (Å²) in [6.07, 6.45) is 0. The number of fused-ring (bicyclic) bond motifs is 1. The van der Waals surface area contributed by atoms with E-state index in [1.807, 2.05) is 0 Å². The smallest absolute Gasteiger partial charge is 0.342 e. The van der Waals surface area contributed by atoms with Gasteiger partial charge in [-0.1, -0.05) is 12.1 Å². The zero-order valence-electron chi connectivity index (χ0n) is 14.9. The average Bonchev–Trinajstić information content (AvgIpc) is 2.95. The van der Waals surface area contributed by atoms with Gasteiger partial charge in [-0.3, -0.25) is 0 Å². The number of esters is 1. The van der Waals surface area contributed by atoms with Gasteiger partial charge in [-0.05, 0) is 52.7 Å². The first-order chi connectivity index (χ1) is 13.0. The van der Waals surface area contributed by atoms with Crippen LogP contribution in [0.5, 0.6) is 5.75 Å². The van der Waals surface area contributed by atoms with E-state index in [1.165, 1.54) is 19.2 Å². The van der Waals surface area contributed by atoms with Gasteiger partial charge in [-0.25, -0.2) is 9.18 Å². The van der Waals surface area contributed by atoms with Crippen LogP contribution in [0.3, 0.4) is 0 Å². The Balaban J connectivity index is 1.86. The fraction of sp³-hybridized carbons (Fsp3) is 0.250. The lowest BCUT2D eigenvalue weighted by molar-refractivity contribution is 0.0388. The number of carbonyl (C=O) groups excluding carboxylic acids is 1. The molecule has 1 aromatic heterocycles.